The van der Waals surface area contributed by atoms with E-state index in [4.69, 9.17) is 14.6 Å². The number of esters is 1. The van der Waals surface area contributed by atoms with Crippen LogP contribution in [0, 0.1) is 12.8 Å². The fraction of sp³-hybridized carbons (Fsp3) is 0.360. The number of amides is 1. The summed E-state index contributed by atoms with van der Waals surface area (Å²) in [5.74, 6) is -0.156. The molecular weight excluding hydrogens is 420 g/mol. The molecule has 1 saturated heterocycles. The standard InChI is InChI=1S/C25H28N4O4/c1-17-13-28(25(31)33-16-19-7-5-4-6-8-19)15-23(17)29-14-21(18(2)27-29)11-20-12-26-10-9-22(20)24(30)32-3/h4-10,12,14,17,23H,11,13,15-16H2,1-3H3/t17-,23+/m0/s1. The van der Waals surface area contributed by atoms with E-state index in [1.165, 1.54) is 7.11 Å². The average molecular weight is 449 g/mol. The first-order chi connectivity index (χ1) is 16.0. The molecule has 1 fully saturated rings. The van der Waals surface area contributed by atoms with E-state index in [-0.39, 0.29) is 30.6 Å². The van der Waals surface area contributed by atoms with Gasteiger partial charge in [0, 0.05) is 38.1 Å². The molecule has 0 aliphatic carbocycles. The molecule has 0 bridgehead atoms. The van der Waals surface area contributed by atoms with Gasteiger partial charge in [0.05, 0.1) is 24.4 Å². The van der Waals surface area contributed by atoms with Gasteiger partial charge < -0.3 is 14.4 Å². The summed E-state index contributed by atoms with van der Waals surface area (Å²) in [6, 6.07) is 11.4. The SMILES string of the molecule is COC(=O)c1ccncc1Cc1cn([C@@H]2CN(C(=O)OCc3ccccc3)C[C@@H]2C)nc1C. The minimum Gasteiger partial charge on any atom is -0.465 e. The highest BCUT2D eigenvalue weighted by Crippen LogP contribution is 2.29. The Morgan fingerprint density at radius 2 is 1.91 bits per heavy atom. The van der Waals surface area contributed by atoms with E-state index in [9.17, 15) is 9.59 Å². The third-order valence-corrected chi connectivity index (χ3v) is 6.08. The van der Waals surface area contributed by atoms with Gasteiger partial charge in [-0.2, -0.15) is 5.10 Å². The predicted molar refractivity (Wildman–Crippen MR) is 122 cm³/mol. The van der Waals surface area contributed by atoms with Crippen LogP contribution in [0.1, 0.15) is 45.7 Å². The number of likely N-dealkylation sites (tertiary alicyclic amines) is 1. The molecule has 1 aliphatic rings. The molecule has 33 heavy (non-hydrogen) atoms. The van der Waals surface area contributed by atoms with Crippen molar-refractivity contribution in [2.45, 2.75) is 32.9 Å². The number of rotatable bonds is 6. The maximum Gasteiger partial charge on any atom is 0.410 e. The highest BCUT2D eigenvalue weighted by Gasteiger charge is 2.35. The summed E-state index contributed by atoms with van der Waals surface area (Å²) in [4.78, 5) is 30.6. The van der Waals surface area contributed by atoms with Crippen LogP contribution < -0.4 is 0 Å². The van der Waals surface area contributed by atoms with Crippen molar-refractivity contribution in [3.05, 3.63) is 82.9 Å². The summed E-state index contributed by atoms with van der Waals surface area (Å²) in [7, 11) is 1.37. The summed E-state index contributed by atoms with van der Waals surface area (Å²) < 4.78 is 12.3. The molecule has 1 aliphatic heterocycles. The molecule has 2 aromatic heterocycles. The number of methoxy groups -OCH3 is 1. The van der Waals surface area contributed by atoms with E-state index in [1.54, 1.807) is 23.4 Å². The molecule has 4 rings (SSSR count). The molecular formula is C25H28N4O4. The lowest BCUT2D eigenvalue weighted by atomic mass is 10.0. The van der Waals surface area contributed by atoms with E-state index in [0.717, 1.165) is 22.4 Å². The third kappa shape index (κ3) is 5.05. The number of aryl methyl sites for hydroxylation is 1. The molecule has 1 amide bonds. The van der Waals surface area contributed by atoms with Gasteiger partial charge in [-0.1, -0.05) is 37.3 Å². The second-order valence-corrected chi connectivity index (χ2v) is 8.41. The van der Waals surface area contributed by atoms with Crippen molar-refractivity contribution < 1.29 is 19.1 Å². The van der Waals surface area contributed by atoms with Crippen LogP contribution in [-0.2, 0) is 22.5 Å². The normalized spacial score (nSPS) is 17.7. The van der Waals surface area contributed by atoms with Crippen molar-refractivity contribution in [3.8, 4) is 0 Å². The first-order valence-corrected chi connectivity index (χ1v) is 11.0. The Balaban J connectivity index is 1.43. The van der Waals surface area contributed by atoms with Crippen molar-refractivity contribution in [2.75, 3.05) is 20.2 Å². The predicted octanol–water partition coefficient (Wildman–Crippen LogP) is 3.79. The van der Waals surface area contributed by atoms with Gasteiger partial charge in [-0.25, -0.2) is 9.59 Å². The minimum absolute atomic E-state index is 0.0516. The van der Waals surface area contributed by atoms with Crippen LogP contribution in [0.3, 0.4) is 0 Å². The van der Waals surface area contributed by atoms with E-state index in [1.807, 2.05) is 48.1 Å². The Hall–Kier alpha value is -3.68. The number of benzene rings is 1. The zero-order valence-corrected chi connectivity index (χ0v) is 19.1. The van der Waals surface area contributed by atoms with Crippen molar-refractivity contribution in [1.29, 1.82) is 0 Å². The number of carbonyl (C=O) groups is 2. The monoisotopic (exact) mass is 448 g/mol. The molecule has 1 aromatic carbocycles. The number of aromatic nitrogens is 3. The van der Waals surface area contributed by atoms with Gasteiger partial charge in [-0.05, 0) is 35.6 Å². The number of carbonyl (C=O) groups excluding carboxylic acids is 2. The first kappa shape index (κ1) is 22.5. The fourth-order valence-electron chi connectivity index (χ4n) is 4.20. The lowest BCUT2D eigenvalue weighted by Crippen LogP contribution is -2.29. The first-order valence-electron chi connectivity index (χ1n) is 11.0. The maximum absolute atomic E-state index is 12.6. The third-order valence-electron chi connectivity index (χ3n) is 6.08. The topological polar surface area (TPSA) is 86.6 Å². The van der Waals surface area contributed by atoms with Crippen LogP contribution in [0.15, 0.2) is 55.0 Å². The van der Waals surface area contributed by atoms with Crippen LogP contribution in [0.2, 0.25) is 0 Å². The van der Waals surface area contributed by atoms with Crippen LogP contribution in [0.4, 0.5) is 4.79 Å². The number of ether oxygens (including phenoxy) is 2. The Bertz CT molecular complexity index is 1130. The molecule has 172 valence electrons. The zero-order valence-electron chi connectivity index (χ0n) is 19.1. The van der Waals surface area contributed by atoms with Crippen LogP contribution in [0.25, 0.3) is 0 Å². The maximum atomic E-state index is 12.6. The number of hydrogen-bond donors (Lipinski definition) is 0. The molecule has 0 radical (unpaired) electrons. The highest BCUT2D eigenvalue weighted by atomic mass is 16.6. The molecule has 0 unspecified atom stereocenters. The van der Waals surface area contributed by atoms with E-state index in [2.05, 4.69) is 11.9 Å². The molecule has 3 aromatic rings. The summed E-state index contributed by atoms with van der Waals surface area (Å²) in [5.41, 5.74) is 4.14. The summed E-state index contributed by atoms with van der Waals surface area (Å²) in [6.45, 7) is 5.47. The van der Waals surface area contributed by atoms with Gasteiger partial charge in [0.1, 0.15) is 6.61 Å². The van der Waals surface area contributed by atoms with Gasteiger partial charge in [-0.15, -0.1) is 0 Å². The Morgan fingerprint density at radius 3 is 2.67 bits per heavy atom. The van der Waals surface area contributed by atoms with Gasteiger partial charge >= 0.3 is 12.1 Å². The lowest BCUT2D eigenvalue weighted by molar-refractivity contribution is 0.0599. The summed E-state index contributed by atoms with van der Waals surface area (Å²) in [5, 5.41) is 4.72. The van der Waals surface area contributed by atoms with Gasteiger partial charge in [-0.3, -0.25) is 9.67 Å². The molecule has 0 N–H and O–H groups in total. The highest BCUT2D eigenvalue weighted by molar-refractivity contribution is 5.90. The molecule has 3 heterocycles. The molecule has 8 heteroatoms. The van der Waals surface area contributed by atoms with Gasteiger partial charge in [0.25, 0.3) is 0 Å². The second-order valence-electron chi connectivity index (χ2n) is 8.41. The van der Waals surface area contributed by atoms with Crippen LogP contribution >= 0.6 is 0 Å². The molecule has 8 nitrogen and oxygen atoms in total. The Labute approximate surface area is 193 Å². The van der Waals surface area contributed by atoms with Crippen molar-refractivity contribution in [2.24, 2.45) is 5.92 Å². The van der Waals surface area contributed by atoms with Crippen LogP contribution in [-0.4, -0.2) is 51.9 Å². The summed E-state index contributed by atoms with van der Waals surface area (Å²) >= 11 is 0. The van der Waals surface area contributed by atoms with Crippen LogP contribution in [0.5, 0.6) is 0 Å². The number of pyridine rings is 1. The van der Waals surface area contributed by atoms with E-state index < -0.39 is 0 Å². The largest absolute Gasteiger partial charge is 0.465 e. The molecule has 0 spiro atoms. The second kappa shape index (κ2) is 9.85. The van der Waals surface area contributed by atoms with E-state index in [0.29, 0.717) is 25.1 Å². The van der Waals surface area contributed by atoms with Gasteiger partial charge in [0.15, 0.2) is 0 Å². The van der Waals surface area contributed by atoms with Gasteiger partial charge in [0.2, 0.25) is 0 Å². The lowest BCUT2D eigenvalue weighted by Gasteiger charge is -2.16. The number of nitrogens with zero attached hydrogens (tertiary/aromatic N) is 4. The average Bonchev–Trinajstić information content (AvgIpc) is 3.40. The quantitative estimate of drug-likeness (QED) is 0.533. The molecule has 2 atom stereocenters. The van der Waals surface area contributed by atoms with Crippen molar-refractivity contribution >= 4 is 12.1 Å². The minimum atomic E-state index is -0.383. The fourth-order valence-corrected chi connectivity index (χ4v) is 4.20. The number of hydrogen-bond acceptors (Lipinski definition) is 6. The van der Waals surface area contributed by atoms with E-state index >= 15 is 0 Å². The van der Waals surface area contributed by atoms with Crippen molar-refractivity contribution in [1.82, 2.24) is 19.7 Å². The zero-order chi connectivity index (χ0) is 23.4. The van der Waals surface area contributed by atoms with Crippen molar-refractivity contribution in [3.63, 3.8) is 0 Å². The Kier molecular flexibility index (Phi) is 6.72. The molecule has 0 saturated carbocycles. The Morgan fingerprint density at radius 1 is 1.12 bits per heavy atom. The summed E-state index contributed by atoms with van der Waals surface area (Å²) in [6.07, 6.45) is 5.48. The smallest absolute Gasteiger partial charge is 0.410 e.